The molecule has 178 valence electrons. The van der Waals surface area contributed by atoms with E-state index in [1.54, 1.807) is 0 Å². The second-order valence-corrected chi connectivity index (χ2v) is 10.0. The molecule has 2 amide bonds. The van der Waals surface area contributed by atoms with Gasteiger partial charge in [0.15, 0.2) is 5.76 Å². The molecule has 5 heteroatoms. The Bertz CT molecular complexity index is 1070. The SMILES string of the molecule is Cc1cccc(CN2C(=O)/C(=C\c3ccc(C(=O)NC4CCCC4)cc3)OC3CCCCC32)c1. The van der Waals surface area contributed by atoms with Gasteiger partial charge >= 0.3 is 0 Å². The lowest BCUT2D eigenvalue weighted by Crippen LogP contribution is -2.54. The number of ether oxygens (including phenoxy) is 1. The average Bonchev–Trinajstić information content (AvgIpc) is 3.35. The molecule has 1 N–H and O–H groups in total. The number of carbonyl (C=O) groups excluding carboxylic acids is 2. The minimum atomic E-state index is -0.0484. The van der Waals surface area contributed by atoms with E-state index in [0.717, 1.165) is 49.7 Å². The van der Waals surface area contributed by atoms with Crippen molar-refractivity contribution < 1.29 is 14.3 Å². The van der Waals surface area contributed by atoms with Crippen LogP contribution < -0.4 is 5.32 Å². The Hall–Kier alpha value is -3.08. The molecule has 2 aliphatic carbocycles. The number of rotatable bonds is 5. The molecular weight excluding hydrogens is 424 g/mol. The van der Waals surface area contributed by atoms with Crippen LogP contribution in [0.1, 0.15) is 78.4 Å². The first kappa shape index (κ1) is 22.7. The number of aryl methyl sites for hydroxylation is 1. The maximum Gasteiger partial charge on any atom is 0.289 e. The smallest absolute Gasteiger partial charge is 0.289 e. The number of carbonyl (C=O) groups is 2. The van der Waals surface area contributed by atoms with E-state index in [0.29, 0.717) is 23.9 Å². The van der Waals surface area contributed by atoms with E-state index in [-0.39, 0.29) is 24.0 Å². The molecule has 1 heterocycles. The van der Waals surface area contributed by atoms with Crippen molar-refractivity contribution in [1.29, 1.82) is 0 Å². The third-order valence-corrected chi connectivity index (χ3v) is 7.41. The summed E-state index contributed by atoms with van der Waals surface area (Å²) in [5.41, 5.74) is 3.87. The predicted octanol–water partition coefficient (Wildman–Crippen LogP) is 5.38. The van der Waals surface area contributed by atoms with Crippen LogP contribution in [-0.4, -0.2) is 34.9 Å². The Balaban J connectivity index is 1.34. The van der Waals surface area contributed by atoms with Gasteiger partial charge in [0.25, 0.3) is 11.8 Å². The normalized spacial score (nSPS) is 24.1. The number of benzene rings is 2. The molecule has 2 aromatic rings. The van der Waals surface area contributed by atoms with Gasteiger partial charge in [0.05, 0.1) is 6.04 Å². The summed E-state index contributed by atoms with van der Waals surface area (Å²) in [5.74, 6) is 0.331. The summed E-state index contributed by atoms with van der Waals surface area (Å²) in [6.45, 7) is 2.68. The minimum absolute atomic E-state index is 0.0227. The Kier molecular flexibility index (Phi) is 6.70. The van der Waals surface area contributed by atoms with Gasteiger partial charge < -0.3 is 15.0 Å². The molecule has 2 atom stereocenters. The number of hydrogen-bond acceptors (Lipinski definition) is 3. The van der Waals surface area contributed by atoms with Crippen LogP contribution in [0.5, 0.6) is 0 Å². The molecule has 3 fully saturated rings. The monoisotopic (exact) mass is 458 g/mol. The van der Waals surface area contributed by atoms with Crippen LogP contribution in [0.15, 0.2) is 54.3 Å². The van der Waals surface area contributed by atoms with Crippen molar-refractivity contribution in [3.8, 4) is 0 Å². The molecule has 0 spiro atoms. The predicted molar refractivity (Wildman–Crippen MR) is 133 cm³/mol. The molecule has 3 aliphatic rings. The molecule has 34 heavy (non-hydrogen) atoms. The quantitative estimate of drug-likeness (QED) is 0.612. The molecule has 5 rings (SSSR count). The molecule has 0 aromatic heterocycles. The topological polar surface area (TPSA) is 58.6 Å². The Morgan fingerprint density at radius 2 is 1.76 bits per heavy atom. The van der Waals surface area contributed by atoms with Crippen LogP contribution in [-0.2, 0) is 16.1 Å². The van der Waals surface area contributed by atoms with E-state index >= 15 is 0 Å². The Morgan fingerprint density at radius 1 is 1.03 bits per heavy atom. The summed E-state index contributed by atoms with van der Waals surface area (Å²) < 4.78 is 6.26. The average molecular weight is 459 g/mol. The van der Waals surface area contributed by atoms with Crippen molar-refractivity contribution in [3.05, 3.63) is 76.5 Å². The first-order chi connectivity index (χ1) is 16.6. The standard InChI is InChI=1S/C29H34N2O3/c1-20-7-6-8-22(17-20)19-31-25-11-4-5-12-26(25)34-27(29(31)33)18-21-13-15-23(16-14-21)28(32)30-24-9-2-3-10-24/h6-8,13-18,24-26H,2-5,9-12,19H2,1H3,(H,30,32)/b27-18+. The van der Waals surface area contributed by atoms with Crippen LogP contribution in [0.3, 0.4) is 0 Å². The van der Waals surface area contributed by atoms with Crippen LogP contribution in [0.25, 0.3) is 6.08 Å². The zero-order valence-electron chi connectivity index (χ0n) is 20.0. The van der Waals surface area contributed by atoms with Crippen LogP contribution in [0, 0.1) is 6.92 Å². The summed E-state index contributed by atoms with van der Waals surface area (Å²) in [4.78, 5) is 28.1. The third kappa shape index (κ3) is 5.03. The second-order valence-electron chi connectivity index (χ2n) is 10.0. The van der Waals surface area contributed by atoms with E-state index in [1.165, 1.54) is 18.4 Å². The molecule has 0 radical (unpaired) electrons. The van der Waals surface area contributed by atoms with Gasteiger partial charge in [0.2, 0.25) is 0 Å². The van der Waals surface area contributed by atoms with Crippen LogP contribution in [0.4, 0.5) is 0 Å². The first-order valence-electron chi connectivity index (χ1n) is 12.7. The van der Waals surface area contributed by atoms with Crippen molar-refractivity contribution in [2.24, 2.45) is 0 Å². The number of amides is 2. The zero-order chi connectivity index (χ0) is 23.5. The lowest BCUT2D eigenvalue weighted by atomic mass is 9.89. The van der Waals surface area contributed by atoms with Crippen molar-refractivity contribution in [2.45, 2.75) is 83.0 Å². The summed E-state index contributed by atoms with van der Waals surface area (Å²) in [5, 5.41) is 3.13. The summed E-state index contributed by atoms with van der Waals surface area (Å²) in [7, 11) is 0. The van der Waals surface area contributed by atoms with Gasteiger partial charge in [-0.05, 0) is 68.4 Å². The van der Waals surface area contributed by atoms with Gasteiger partial charge in [-0.1, -0.05) is 61.2 Å². The lowest BCUT2D eigenvalue weighted by Gasteiger charge is -2.44. The summed E-state index contributed by atoms with van der Waals surface area (Å²) in [6, 6.07) is 16.2. The van der Waals surface area contributed by atoms with Gasteiger partial charge in [-0.25, -0.2) is 0 Å². The third-order valence-electron chi connectivity index (χ3n) is 7.41. The highest BCUT2D eigenvalue weighted by molar-refractivity contribution is 5.97. The fourth-order valence-corrected chi connectivity index (χ4v) is 5.59. The van der Waals surface area contributed by atoms with Gasteiger partial charge in [-0.2, -0.15) is 0 Å². The highest BCUT2D eigenvalue weighted by Gasteiger charge is 2.41. The maximum absolute atomic E-state index is 13.5. The summed E-state index contributed by atoms with van der Waals surface area (Å²) in [6.07, 6.45) is 10.6. The highest BCUT2D eigenvalue weighted by atomic mass is 16.5. The van der Waals surface area contributed by atoms with E-state index in [2.05, 4.69) is 36.5 Å². The minimum Gasteiger partial charge on any atom is -0.482 e. The largest absolute Gasteiger partial charge is 0.482 e. The molecule has 2 unspecified atom stereocenters. The van der Waals surface area contributed by atoms with Crippen molar-refractivity contribution in [1.82, 2.24) is 10.2 Å². The Morgan fingerprint density at radius 3 is 2.53 bits per heavy atom. The lowest BCUT2D eigenvalue weighted by molar-refractivity contribution is -0.149. The Labute approximate surface area is 202 Å². The highest BCUT2D eigenvalue weighted by Crippen LogP contribution is 2.34. The number of morpholine rings is 1. The summed E-state index contributed by atoms with van der Waals surface area (Å²) >= 11 is 0. The van der Waals surface area contributed by atoms with Crippen molar-refractivity contribution in [2.75, 3.05) is 0 Å². The van der Waals surface area contributed by atoms with E-state index in [1.807, 2.05) is 35.2 Å². The molecule has 2 saturated carbocycles. The van der Waals surface area contributed by atoms with Crippen LogP contribution >= 0.6 is 0 Å². The van der Waals surface area contributed by atoms with Gasteiger partial charge in [0.1, 0.15) is 6.10 Å². The van der Waals surface area contributed by atoms with Gasteiger partial charge in [-0.3, -0.25) is 9.59 Å². The fourth-order valence-electron chi connectivity index (χ4n) is 5.59. The van der Waals surface area contributed by atoms with E-state index in [4.69, 9.17) is 4.74 Å². The number of fused-ring (bicyclic) bond motifs is 1. The maximum atomic E-state index is 13.5. The van der Waals surface area contributed by atoms with E-state index in [9.17, 15) is 9.59 Å². The van der Waals surface area contributed by atoms with Gasteiger partial charge in [-0.15, -0.1) is 0 Å². The first-order valence-corrected chi connectivity index (χ1v) is 12.7. The number of hydrogen-bond donors (Lipinski definition) is 1. The molecule has 5 nitrogen and oxygen atoms in total. The fraction of sp³-hybridized carbons (Fsp3) is 0.448. The zero-order valence-corrected chi connectivity index (χ0v) is 20.0. The van der Waals surface area contributed by atoms with Gasteiger partial charge in [0, 0.05) is 18.2 Å². The van der Waals surface area contributed by atoms with E-state index < -0.39 is 0 Å². The number of nitrogens with one attached hydrogen (secondary N) is 1. The van der Waals surface area contributed by atoms with Crippen molar-refractivity contribution >= 4 is 17.9 Å². The second kappa shape index (κ2) is 10.0. The number of nitrogens with zero attached hydrogens (tertiary/aromatic N) is 1. The van der Waals surface area contributed by atoms with Crippen molar-refractivity contribution in [3.63, 3.8) is 0 Å². The molecule has 1 saturated heterocycles. The molecular formula is C29H34N2O3. The van der Waals surface area contributed by atoms with Crippen LogP contribution in [0.2, 0.25) is 0 Å². The molecule has 2 aromatic carbocycles. The molecule has 1 aliphatic heterocycles. The molecule has 0 bridgehead atoms.